The van der Waals surface area contributed by atoms with Gasteiger partial charge in [0.05, 0.1) is 6.10 Å². The minimum atomic E-state index is 0.202. The first-order valence-corrected chi connectivity index (χ1v) is 9.20. The predicted molar refractivity (Wildman–Crippen MR) is 102 cm³/mol. The Bertz CT molecular complexity index is 492. The summed E-state index contributed by atoms with van der Waals surface area (Å²) in [7, 11) is 4.40. The molecule has 24 heavy (non-hydrogen) atoms. The lowest BCUT2D eigenvalue weighted by Crippen LogP contribution is -2.45. The third kappa shape index (κ3) is 4.33. The Morgan fingerprint density at radius 3 is 1.50 bits per heavy atom. The Labute approximate surface area is 146 Å². The molecule has 0 unspecified atom stereocenters. The zero-order valence-electron chi connectivity index (χ0n) is 15.7. The van der Waals surface area contributed by atoms with Gasteiger partial charge >= 0.3 is 0 Å². The molecule has 5 heteroatoms. The van der Waals surface area contributed by atoms with Crippen LogP contribution in [0.3, 0.4) is 0 Å². The van der Waals surface area contributed by atoms with Gasteiger partial charge < -0.3 is 24.3 Å². The van der Waals surface area contributed by atoms with E-state index in [0.717, 1.165) is 58.1 Å². The Balaban J connectivity index is 1.83. The van der Waals surface area contributed by atoms with E-state index in [4.69, 9.17) is 4.74 Å². The van der Waals surface area contributed by atoms with Gasteiger partial charge in [-0.25, -0.2) is 0 Å². The molecule has 2 saturated heterocycles. The molecule has 0 aromatic heterocycles. The van der Waals surface area contributed by atoms with Gasteiger partial charge in [0.15, 0.2) is 0 Å². The van der Waals surface area contributed by atoms with E-state index < -0.39 is 0 Å². The number of anilines is 2. The molecular formula is C19H32N4O. The molecule has 0 radical (unpaired) electrons. The minimum Gasteiger partial charge on any atom is -0.491 e. The van der Waals surface area contributed by atoms with Crippen LogP contribution in [0.15, 0.2) is 18.2 Å². The summed E-state index contributed by atoms with van der Waals surface area (Å²) < 4.78 is 6.05. The maximum Gasteiger partial charge on any atom is 0.123 e. The molecule has 1 aromatic carbocycles. The van der Waals surface area contributed by atoms with E-state index in [9.17, 15) is 0 Å². The van der Waals surface area contributed by atoms with Crippen molar-refractivity contribution < 1.29 is 4.74 Å². The zero-order chi connectivity index (χ0) is 17.1. The number of benzene rings is 1. The molecule has 0 N–H and O–H groups in total. The lowest BCUT2D eigenvalue weighted by molar-refractivity contribution is 0.242. The van der Waals surface area contributed by atoms with Crippen LogP contribution >= 0.6 is 0 Å². The van der Waals surface area contributed by atoms with Crippen LogP contribution in [0.5, 0.6) is 5.75 Å². The van der Waals surface area contributed by atoms with Crippen molar-refractivity contribution in [2.75, 3.05) is 76.3 Å². The van der Waals surface area contributed by atoms with Crippen LogP contribution in [0.1, 0.15) is 13.8 Å². The van der Waals surface area contributed by atoms with Crippen molar-refractivity contribution >= 4 is 11.4 Å². The number of likely N-dealkylation sites (N-methyl/N-ethyl adjacent to an activating group) is 2. The summed E-state index contributed by atoms with van der Waals surface area (Å²) in [5.74, 6) is 0.996. The van der Waals surface area contributed by atoms with E-state index in [-0.39, 0.29) is 6.10 Å². The maximum absolute atomic E-state index is 6.05. The number of piperazine rings is 2. The Kier molecular flexibility index (Phi) is 5.51. The Morgan fingerprint density at radius 1 is 0.708 bits per heavy atom. The van der Waals surface area contributed by atoms with Crippen molar-refractivity contribution in [3.8, 4) is 5.75 Å². The number of nitrogens with zero attached hydrogens (tertiary/aromatic N) is 4. The van der Waals surface area contributed by atoms with E-state index >= 15 is 0 Å². The van der Waals surface area contributed by atoms with Crippen molar-refractivity contribution in [3.05, 3.63) is 18.2 Å². The van der Waals surface area contributed by atoms with E-state index in [2.05, 4.69) is 65.7 Å². The fourth-order valence-electron chi connectivity index (χ4n) is 3.40. The van der Waals surface area contributed by atoms with Crippen molar-refractivity contribution in [1.29, 1.82) is 0 Å². The average molecular weight is 332 g/mol. The van der Waals surface area contributed by atoms with Crippen molar-refractivity contribution in [3.63, 3.8) is 0 Å². The highest BCUT2D eigenvalue weighted by Gasteiger charge is 2.19. The van der Waals surface area contributed by atoms with Crippen LogP contribution in [0.4, 0.5) is 11.4 Å². The number of rotatable bonds is 4. The summed E-state index contributed by atoms with van der Waals surface area (Å²) >= 11 is 0. The van der Waals surface area contributed by atoms with Gasteiger partial charge in [0.1, 0.15) is 5.75 Å². The second kappa shape index (κ2) is 7.62. The summed E-state index contributed by atoms with van der Waals surface area (Å²) in [6.07, 6.45) is 0.202. The second-order valence-electron chi connectivity index (χ2n) is 7.43. The Hall–Kier alpha value is -1.46. The molecule has 0 amide bonds. The highest BCUT2D eigenvalue weighted by atomic mass is 16.5. The third-order valence-corrected chi connectivity index (χ3v) is 4.98. The fraction of sp³-hybridized carbons (Fsp3) is 0.684. The van der Waals surface area contributed by atoms with Gasteiger partial charge in [0, 0.05) is 75.9 Å². The molecule has 0 atom stereocenters. The molecule has 3 rings (SSSR count). The first kappa shape index (κ1) is 17.4. The molecule has 1 aromatic rings. The topological polar surface area (TPSA) is 22.2 Å². The number of hydrogen-bond acceptors (Lipinski definition) is 5. The van der Waals surface area contributed by atoms with Gasteiger partial charge in [0.2, 0.25) is 0 Å². The third-order valence-electron chi connectivity index (χ3n) is 4.98. The van der Waals surface area contributed by atoms with Crippen LogP contribution < -0.4 is 14.5 Å². The van der Waals surface area contributed by atoms with Crippen LogP contribution in [0.25, 0.3) is 0 Å². The average Bonchev–Trinajstić information content (AvgIpc) is 2.55. The van der Waals surface area contributed by atoms with Gasteiger partial charge in [-0.2, -0.15) is 0 Å². The van der Waals surface area contributed by atoms with Crippen molar-refractivity contribution in [2.24, 2.45) is 0 Å². The molecule has 0 saturated carbocycles. The largest absolute Gasteiger partial charge is 0.491 e. The van der Waals surface area contributed by atoms with Crippen LogP contribution in [-0.4, -0.2) is 82.4 Å². The molecule has 2 heterocycles. The Morgan fingerprint density at radius 2 is 1.12 bits per heavy atom. The quantitative estimate of drug-likeness (QED) is 0.838. The molecule has 0 bridgehead atoms. The first-order valence-electron chi connectivity index (χ1n) is 9.20. The molecular weight excluding hydrogens is 300 g/mol. The number of ether oxygens (including phenoxy) is 1. The standard InChI is InChI=1S/C19H32N4O/c1-16(2)24-19-14-17(22-9-5-20(3)6-10-22)13-18(15-19)23-11-7-21(4)8-12-23/h13-16H,5-12H2,1-4H3. The second-order valence-corrected chi connectivity index (χ2v) is 7.43. The lowest BCUT2D eigenvalue weighted by Gasteiger charge is -2.37. The van der Waals surface area contributed by atoms with E-state index in [1.54, 1.807) is 0 Å². The summed E-state index contributed by atoms with van der Waals surface area (Å²) in [4.78, 5) is 9.78. The van der Waals surface area contributed by atoms with Gasteiger partial charge in [0.25, 0.3) is 0 Å². The molecule has 2 aliphatic rings. The summed E-state index contributed by atoms with van der Waals surface area (Å²) in [5, 5.41) is 0. The van der Waals surface area contributed by atoms with Gasteiger partial charge in [-0.15, -0.1) is 0 Å². The molecule has 5 nitrogen and oxygen atoms in total. The molecule has 2 fully saturated rings. The van der Waals surface area contributed by atoms with Gasteiger partial charge in [-0.1, -0.05) is 0 Å². The minimum absolute atomic E-state index is 0.202. The SMILES string of the molecule is CC(C)Oc1cc(N2CCN(C)CC2)cc(N2CCN(C)CC2)c1. The molecule has 2 aliphatic heterocycles. The van der Waals surface area contributed by atoms with Crippen molar-refractivity contribution in [2.45, 2.75) is 20.0 Å². The predicted octanol–water partition coefficient (Wildman–Crippen LogP) is 1.98. The lowest BCUT2D eigenvalue weighted by atomic mass is 10.2. The smallest absolute Gasteiger partial charge is 0.123 e. The summed E-state index contributed by atoms with van der Waals surface area (Å²) in [6, 6.07) is 6.78. The normalized spacial score (nSPS) is 20.7. The first-order chi connectivity index (χ1) is 11.5. The van der Waals surface area contributed by atoms with Crippen LogP contribution in [0.2, 0.25) is 0 Å². The van der Waals surface area contributed by atoms with Crippen molar-refractivity contribution in [1.82, 2.24) is 9.80 Å². The van der Waals surface area contributed by atoms with Gasteiger partial charge in [-0.05, 0) is 34.0 Å². The van der Waals surface area contributed by atoms with Gasteiger partial charge in [-0.3, -0.25) is 0 Å². The summed E-state index contributed by atoms with van der Waals surface area (Å²) in [6.45, 7) is 13.0. The van der Waals surface area contributed by atoms with Crippen LogP contribution in [0, 0.1) is 0 Å². The molecule has 0 aliphatic carbocycles. The summed E-state index contributed by atoms with van der Waals surface area (Å²) in [5.41, 5.74) is 2.60. The van der Waals surface area contributed by atoms with Crippen LogP contribution in [-0.2, 0) is 0 Å². The molecule has 134 valence electrons. The van der Waals surface area contributed by atoms with E-state index in [0.29, 0.717) is 0 Å². The number of hydrogen-bond donors (Lipinski definition) is 0. The maximum atomic E-state index is 6.05. The zero-order valence-corrected chi connectivity index (χ0v) is 15.7. The highest BCUT2D eigenvalue weighted by molar-refractivity contribution is 5.64. The van der Waals surface area contributed by atoms with E-state index in [1.165, 1.54) is 11.4 Å². The molecule has 0 spiro atoms. The van der Waals surface area contributed by atoms with E-state index in [1.807, 2.05) is 0 Å². The fourth-order valence-corrected chi connectivity index (χ4v) is 3.40. The monoisotopic (exact) mass is 332 g/mol. The highest BCUT2D eigenvalue weighted by Crippen LogP contribution is 2.31.